The third-order valence-corrected chi connectivity index (χ3v) is 3.69. The maximum atomic E-state index is 12.5. The maximum absolute atomic E-state index is 12.5. The Bertz CT molecular complexity index is 606. The van der Waals surface area contributed by atoms with Crippen LogP contribution in [-0.4, -0.2) is 30.9 Å². The van der Waals surface area contributed by atoms with Crippen LogP contribution in [0.15, 0.2) is 24.3 Å². The molecule has 1 aliphatic rings. The van der Waals surface area contributed by atoms with E-state index >= 15 is 0 Å². The molecule has 0 radical (unpaired) electrons. The van der Waals surface area contributed by atoms with Gasteiger partial charge in [0.1, 0.15) is 5.54 Å². The normalized spacial score (nSPS) is 20.0. The lowest BCUT2D eigenvalue weighted by atomic mass is 9.81. The minimum Gasteiger partial charge on any atom is -0.381 e. The number of Topliss-reactive ketones (excluding diaryl/α,β-unsaturated/α-hetero) is 1. The second kappa shape index (κ2) is 6.06. The van der Waals surface area contributed by atoms with Gasteiger partial charge in [0, 0.05) is 19.1 Å². The molecule has 2 atom stereocenters. The summed E-state index contributed by atoms with van der Waals surface area (Å²) in [6.45, 7) is 1.73. The van der Waals surface area contributed by atoms with Crippen molar-refractivity contribution in [3.05, 3.63) is 35.4 Å². The molecule has 0 saturated heterocycles. The third-order valence-electron chi connectivity index (χ3n) is 3.69. The highest BCUT2D eigenvalue weighted by molar-refractivity contribution is 6.01. The van der Waals surface area contributed by atoms with Crippen LogP contribution in [-0.2, 0) is 9.53 Å². The van der Waals surface area contributed by atoms with Crippen LogP contribution in [0.2, 0.25) is 0 Å². The zero-order valence-corrected chi connectivity index (χ0v) is 12.2. The number of nitrogens with zero attached hydrogens (tertiary/aromatic N) is 1. The number of ketones is 1. The van der Waals surface area contributed by atoms with Gasteiger partial charge >= 0.3 is 0 Å². The number of methoxy groups -OCH3 is 1. The van der Waals surface area contributed by atoms with Crippen LogP contribution in [0.1, 0.15) is 41.6 Å². The van der Waals surface area contributed by atoms with Crippen LogP contribution in [0, 0.1) is 11.3 Å². The zero-order chi connectivity index (χ0) is 15.5. The van der Waals surface area contributed by atoms with Crippen molar-refractivity contribution < 1.29 is 14.3 Å². The fourth-order valence-corrected chi connectivity index (χ4v) is 2.64. The summed E-state index contributed by atoms with van der Waals surface area (Å²) in [6, 6.07) is 9.22. The Morgan fingerprint density at radius 1 is 1.52 bits per heavy atom. The number of rotatable bonds is 4. The maximum Gasteiger partial charge on any atom is 0.228 e. The van der Waals surface area contributed by atoms with Gasteiger partial charge in [-0.1, -0.05) is 24.3 Å². The summed E-state index contributed by atoms with van der Waals surface area (Å²) in [6.07, 6.45) is 0.818. The van der Waals surface area contributed by atoms with Gasteiger partial charge in [-0.05, 0) is 18.9 Å². The van der Waals surface area contributed by atoms with Crippen molar-refractivity contribution >= 4 is 11.7 Å². The fourth-order valence-electron chi connectivity index (χ4n) is 2.64. The van der Waals surface area contributed by atoms with E-state index in [1.165, 1.54) is 7.11 Å². The molecule has 1 aromatic rings. The highest BCUT2D eigenvalue weighted by atomic mass is 16.5. The number of fused-ring (bicyclic) bond motifs is 1. The van der Waals surface area contributed by atoms with Gasteiger partial charge in [0.05, 0.1) is 18.6 Å². The number of carbonyl (C=O) groups excluding carboxylic acids is 2. The number of amides is 1. The van der Waals surface area contributed by atoms with Crippen molar-refractivity contribution in [3.63, 3.8) is 0 Å². The van der Waals surface area contributed by atoms with E-state index in [2.05, 4.69) is 11.4 Å². The van der Waals surface area contributed by atoms with Crippen LogP contribution in [0.3, 0.4) is 0 Å². The lowest BCUT2D eigenvalue weighted by molar-refractivity contribution is -0.124. The van der Waals surface area contributed by atoms with E-state index in [0.29, 0.717) is 18.4 Å². The second-order valence-electron chi connectivity index (χ2n) is 5.47. The summed E-state index contributed by atoms with van der Waals surface area (Å²) in [5, 5.41) is 11.9. The molecule has 0 aliphatic heterocycles. The van der Waals surface area contributed by atoms with Gasteiger partial charge < -0.3 is 10.1 Å². The van der Waals surface area contributed by atoms with E-state index < -0.39 is 11.5 Å². The Balaban J connectivity index is 2.24. The van der Waals surface area contributed by atoms with Gasteiger partial charge in [-0.25, -0.2) is 0 Å². The van der Waals surface area contributed by atoms with Crippen molar-refractivity contribution in [2.75, 3.05) is 13.7 Å². The summed E-state index contributed by atoms with van der Waals surface area (Å²) >= 11 is 0. The largest absolute Gasteiger partial charge is 0.381 e. The predicted molar refractivity (Wildman–Crippen MR) is 76.8 cm³/mol. The molecule has 5 nitrogen and oxygen atoms in total. The highest BCUT2D eigenvalue weighted by Crippen LogP contribution is 2.32. The van der Waals surface area contributed by atoms with Crippen molar-refractivity contribution in [2.24, 2.45) is 0 Å². The SMILES string of the molecule is COC[C@](C)(C#N)NC(=O)[C@H]1CCC(=O)c2ccccc21. The van der Waals surface area contributed by atoms with Crippen molar-refractivity contribution in [1.82, 2.24) is 5.32 Å². The van der Waals surface area contributed by atoms with Crippen LogP contribution >= 0.6 is 0 Å². The van der Waals surface area contributed by atoms with Gasteiger partial charge in [0.2, 0.25) is 5.91 Å². The second-order valence-corrected chi connectivity index (χ2v) is 5.47. The molecule has 1 amide bonds. The van der Waals surface area contributed by atoms with Crippen molar-refractivity contribution in [3.8, 4) is 6.07 Å². The average Bonchev–Trinajstić information content (AvgIpc) is 2.48. The molecule has 0 spiro atoms. The summed E-state index contributed by atoms with van der Waals surface area (Å²) in [4.78, 5) is 24.4. The van der Waals surface area contributed by atoms with E-state index in [1.807, 2.05) is 6.07 Å². The molecular formula is C16H18N2O3. The molecular weight excluding hydrogens is 268 g/mol. The van der Waals surface area contributed by atoms with Crippen LogP contribution in [0.4, 0.5) is 0 Å². The molecule has 0 unspecified atom stereocenters. The number of nitrogens with one attached hydrogen (secondary N) is 1. The summed E-state index contributed by atoms with van der Waals surface area (Å²) in [7, 11) is 1.48. The molecule has 2 rings (SSSR count). The smallest absolute Gasteiger partial charge is 0.228 e. The van der Waals surface area contributed by atoms with E-state index in [0.717, 1.165) is 5.56 Å². The first kappa shape index (κ1) is 15.2. The molecule has 110 valence electrons. The lowest BCUT2D eigenvalue weighted by Gasteiger charge is -2.28. The first-order valence-corrected chi connectivity index (χ1v) is 6.85. The van der Waals surface area contributed by atoms with Gasteiger partial charge in [-0.2, -0.15) is 5.26 Å². The minimum atomic E-state index is -1.07. The number of ether oxygens (including phenoxy) is 1. The standard InChI is InChI=1S/C16H18N2O3/c1-16(9-17,10-21-2)18-15(20)13-7-8-14(19)12-6-4-3-5-11(12)13/h3-6,13H,7-8,10H2,1-2H3,(H,18,20)/t13-,16-/m0/s1. The van der Waals surface area contributed by atoms with Crippen LogP contribution in [0.25, 0.3) is 0 Å². The Hall–Kier alpha value is -2.19. The molecule has 5 heteroatoms. The first-order valence-electron chi connectivity index (χ1n) is 6.85. The molecule has 1 aliphatic carbocycles. The minimum absolute atomic E-state index is 0.0644. The average molecular weight is 286 g/mol. The van der Waals surface area contributed by atoms with E-state index in [1.54, 1.807) is 25.1 Å². The van der Waals surface area contributed by atoms with Crippen LogP contribution < -0.4 is 5.32 Å². The number of nitriles is 1. The lowest BCUT2D eigenvalue weighted by Crippen LogP contribution is -2.50. The third kappa shape index (κ3) is 3.11. The molecule has 21 heavy (non-hydrogen) atoms. The van der Waals surface area contributed by atoms with Gasteiger partial charge in [0.25, 0.3) is 0 Å². The highest BCUT2D eigenvalue weighted by Gasteiger charge is 2.34. The van der Waals surface area contributed by atoms with Crippen molar-refractivity contribution in [2.45, 2.75) is 31.2 Å². The molecule has 0 fully saturated rings. The molecule has 0 heterocycles. The van der Waals surface area contributed by atoms with Gasteiger partial charge in [-0.3, -0.25) is 9.59 Å². The number of hydrogen-bond acceptors (Lipinski definition) is 4. The van der Waals surface area contributed by atoms with Gasteiger partial charge in [0.15, 0.2) is 5.78 Å². The van der Waals surface area contributed by atoms with Crippen LogP contribution in [0.5, 0.6) is 0 Å². The van der Waals surface area contributed by atoms with Crippen molar-refractivity contribution in [1.29, 1.82) is 5.26 Å². The van der Waals surface area contributed by atoms with E-state index in [-0.39, 0.29) is 18.3 Å². The van der Waals surface area contributed by atoms with Gasteiger partial charge in [-0.15, -0.1) is 0 Å². The summed E-state index contributed by atoms with van der Waals surface area (Å²) in [5.74, 6) is -0.575. The predicted octanol–water partition coefficient (Wildman–Crippen LogP) is 1.79. The summed E-state index contributed by atoms with van der Waals surface area (Å²) in [5.41, 5.74) is 0.278. The molecule has 0 bridgehead atoms. The Morgan fingerprint density at radius 2 is 2.24 bits per heavy atom. The quantitative estimate of drug-likeness (QED) is 0.915. The first-order chi connectivity index (χ1) is 10.0. The number of benzene rings is 1. The number of carbonyl (C=O) groups is 2. The van der Waals surface area contributed by atoms with E-state index in [4.69, 9.17) is 4.74 Å². The Morgan fingerprint density at radius 3 is 2.90 bits per heavy atom. The molecule has 0 aromatic heterocycles. The Kier molecular flexibility index (Phi) is 4.39. The topological polar surface area (TPSA) is 79.2 Å². The molecule has 0 saturated carbocycles. The molecule has 1 N–H and O–H groups in total. The van der Waals surface area contributed by atoms with E-state index in [9.17, 15) is 14.9 Å². The number of hydrogen-bond donors (Lipinski definition) is 1. The zero-order valence-electron chi connectivity index (χ0n) is 12.2. The Labute approximate surface area is 123 Å². The monoisotopic (exact) mass is 286 g/mol. The summed E-state index contributed by atoms with van der Waals surface area (Å²) < 4.78 is 4.98. The fraction of sp³-hybridized carbons (Fsp3) is 0.438. The molecule has 1 aromatic carbocycles.